The zero-order valence-electron chi connectivity index (χ0n) is 16.5. The van der Waals surface area contributed by atoms with Gasteiger partial charge in [-0.1, -0.05) is 23.7 Å². The number of halogens is 1. The van der Waals surface area contributed by atoms with E-state index in [2.05, 4.69) is 64.7 Å². The first-order chi connectivity index (χ1) is 14.7. The normalized spacial score (nSPS) is 14.6. The molecule has 1 fully saturated rings. The SMILES string of the molecule is Cc1nnc2ccc3c(cc(-c4cc[n+](C5CNC5)[nH]4)n3Cc3cccc(Cl)c3)n12. The first-order valence-electron chi connectivity index (χ1n) is 10.1. The Morgan fingerprint density at radius 3 is 2.80 bits per heavy atom. The maximum Gasteiger partial charge on any atom is 0.206 e. The molecule has 30 heavy (non-hydrogen) atoms. The van der Waals surface area contributed by atoms with Gasteiger partial charge in [-0.3, -0.25) is 4.40 Å². The van der Waals surface area contributed by atoms with E-state index in [0.29, 0.717) is 6.04 Å². The van der Waals surface area contributed by atoms with Crippen LogP contribution in [0.1, 0.15) is 17.4 Å². The van der Waals surface area contributed by atoms with E-state index in [1.54, 1.807) is 0 Å². The summed E-state index contributed by atoms with van der Waals surface area (Å²) in [4.78, 5) is 0. The largest absolute Gasteiger partial charge is 0.333 e. The Morgan fingerprint density at radius 1 is 1.10 bits per heavy atom. The maximum absolute atomic E-state index is 6.26. The van der Waals surface area contributed by atoms with Gasteiger partial charge in [0.15, 0.2) is 11.8 Å². The number of rotatable bonds is 4. The first kappa shape index (κ1) is 17.7. The van der Waals surface area contributed by atoms with Crippen LogP contribution in [0, 0.1) is 6.92 Å². The summed E-state index contributed by atoms with van der Waals surface area (Å²) in [5.74, 6) is 0.879. The Morgan fingerprint density at radius 2 is 2.00 bits per heavy atom. The predicted octanol–water partition coefficient (Wildman–Crippen LogP) is 3.12. The molecule has 0 amide bonds. The minimum absolute atomic E-state index is 0.483. The van der Waals surface area contributed by atoms with Crippen LogP contribution < -0.4 is 10.00 Å². The van der Waals surface area contributed by atoms with Crippen LogP contribution in [-0.4, -0.2) is 37.4 Å². The van der Waals surface area contributed by atoms with Gasteiger partial charge in [0.2, 0.25) is 6.04 Å². The average Bonchev–Trinajstić information content (AvgIpc) is 3.39. The van der Waals surface area contributed by atoms with Gasteiger partial charge >= 0.3 is 0 Å². The summed E-state index contributed by atoms with van der Waals surface area (Å²) >= 11 is 6.26. The summed E-state index contributed by atoms with van der Waals surface area (Å²) in [5, 5.41) is 16.2. The molecule has 1 aromatic carbocycles. The van der Waals surface area contributed by atoms with Crippen LogP contribution >= 0.6 is 11.6 Å². The molecule has 0 unspecified atom stereocenters. The lowest BCUT2D eigenvalue weighted by atomic mass is 10.2. The standard InChI is InChI=1S/C22H20ClN7/c1-14-25-26-22-6-5-19-21(30(14)22)10-20(18-7-8-29(27-18)17-11-24-12-17)28(19)13-15-3-2-4-16(23)9-15/h2-10,17,24H,11-13H2,1H3/p+1. The van der Waals surface area contributed by atoms with Gasteiger partial charge in [-0.2, -0.15) is 5.10 Å². The Hall–Kier alpha value is -3.16. The van der Waals surface area contributed by atoms with Crippen molar-refractivity contribution in [1.82, 2.24) is 29.6 Å². The van der Waals surface area contributed by atoms with Gasteiger partial charge in [-0.05, 0) is 42.8 Å². The number of aromatic amines is 1. The fraction of sp³-hybridized carbons (Fsp3) is 0.227. The van der Waals surface area contributed by atoms with Crippen LogP contribution in [-0.2, 0) is 6.54 Å². The molecule has 5 heterocycles. The molecular formula is C22H21ClN7+. The molecule has 0 radical (unpaired) electrons. The summed E-state index contributed by atoms with van der Waals surface area (Å²) in [6, 6.07) is 17.0. The Labute approximate surface area is 177 Å². The molecule has 1 aliphatic heterocycles. The van der Waals surface area contributed by atoms with E-state index in [4.69, 9.17) is 11.6 Å². The van der Waals surface area contributed by atoms with E-state index < -0.39 is 0 Å². The number of aromatic nitrogens is 6. The second-order valence-electron chi connectivity index (χ2n) is 7.85. The van der Waals surface area contributed by atoms with E-state index in [0.717, 1.165) is 64.1 Å². The maximum atomic E-state index is 6.26. The lowest BCUT2D eigenvalue weighted by Gasteiger charge is -2.19. The highest BCUT2D eigenvalue weighted by molar-refractivity contribution is 6.30. The molecule has 0 bridgehead atoms. The van der Waals surface area contributed by atoms with Crippen molar-refractivity contribution in [1.29, 1.82) is 0 Å². The number of hydrogen-bond donors (Lipinski definition) is 2. The molecule has 1 saturated heterocycles. The third-order valence-corrected chi connectivity index (χ3v) is 6.14. The van der Waals surface area contributed by atoms with Gasteiger partial charge in [0.25, 0.3) is 0 Å². The van der Waals surface area contributed by atoms with Gasteiger partial charge in [-0.25, -0.2) is 0 Å². The van der Waals surface area contributed by atoms with E-state index in [9.17, 15) is 0 Å². The van der Waals surface area contributed by atoms with E-state index in [-0.39, 0.29) is 0 Å². The van der Waals surface area contributed by atoms with Crippen molar-refractivity contribution in [2.75, 3.05) is 13.1 Å². The van der Waals surface area contributed by atoms with Crippen molar-refractivity contribution in [2.45, 2.75) is 19.5 Å². The lowest BCUT2D eigenvalue weighted by molar-refractivity contribution is -0.776. The average molecular weight is 419 g/mol. The Bertz CT molecular complexity index is 1390. The second kappa shape index (κ2) is 6.68. The van der Waals surface area contributed by atoms with Crippen LogP contribution in [0.15, 0.2) is 54.7 Å². The fourth-order valence-corrected chi connectivity index (χ4v) is 4.46. The van der Waals surface area contributed by atoms with Gasteiger partial charge < -0.3 is 9.88 Å². The van der Waals surface area contributed by atoms with Crippen LogP contribution in [0.4, 0.5) is 0 Å². The summed E-state index contributed by atoms with van der Waals surface area (Å²) < 4.78 is 6.63. The fourth-order valence-electron chi connectivity index (χ4n) is 4.25. The number of hydrogen-bond acceptors (Lipinski definition) is 3. The van der Waals surface area contributed by atoms with E-state index in [1.807, 2.05) is 31.2 Å². The molecule has 0 saturated carbocycles. The second-order valence-corrected chi connectivity index (χ2v) is 8.29. The van der Waals surface area contributed by atoms with Crippen LogP contribution in [0.5, 0.6) is 0 Å². The van der Waals surface area contributed by atoms with Crippen molar-refractivity contribution in [3.63, 3.8) is 0 Å². The monoisotopic (exact) mass is 418 g/mol. The Balaban J connectivity index is 1.56. The zero-order chi connectivity index (χ0) is 20.2. The number of H-pyrrole nitrogens is 1. The van der Waals surface area contributed by atoms with Crippen molar-refractivity contribution >= 4 is 28.3 Å². The highest BCUT2D eigenvalue weighted by Gasteiger charge is 2.28. The summed E-state index contributed by atoms with van der Waals surface area (Å²) in [7, 11) is 0. The molecule has 6 rings (SSSR count). The molecule has 7 nitrogen and oxygen atoms in total. The lowest BCUT2D eigenvalue weighted by Crippen LogP contribution is -2.57. The molecule has 4 aromatic heterocycles. The smallest absolute Gasteiger partial charge is 0.206 e. The minimum atomic E-state index is 0.483. The van der Waals surface area contributed by atoms with Gasteiger partial charge in [0, 0.05) is 17.6 Å². The van der Waals surface area contributed by atoms with Crippen molar-refractivity contribution in [3.8, 4) is 11.4 Å². The molecular weight excluding hydrogens is 398 g/mol. The van der Waals surface area contributed by atoms with E-state index >= 15 is 0 Å². The number of benzene rings is 1. The van der Waals surface area contributed by atoms with Crippen LogP contribution in [0.25, 0.3) is 28.1 Å². The third kappa shape index (κ3) is 2.74. The van der Waals surface area contributed by atoms with Crippen molar-refractivity contribution < 1.29 is 4.68 Å². The minimum Gasteiger partial charge on any atom is -0.333 e. The van der Waals surface area contributed by atoms with Crippen LogP contribution in [0.2, 0.25) is 5.02 Å². The molecule has 0 aliphatic carbocycles. The van der Waals surface area contributed by atoms with Gasteiger partial charge in [0.05, 0.1) is 29.8 Å². The van der Waals surface area contributed by atoms with Crippen LogP contribution in [0.3, 0.4) is 0 Å². The predicted molar refractivity (Wildman–Crippen MR) is 116 cm³/mol. The molecule has 2 N–H and O–H groups in total. The number of nitrogens with one attached hydrogen (secondary N) is 2. The summed E-state index contributed by atoms with van der Waals surface area (Å²) in [6.45, 7) is 4.70. The van der Waals surface area contributed by atoms with E-state index in [1.165, 1.54) is 0 Å². The molecule has 1 aliphatic rings. The van der Waals surface area contributed by atoms with Gasteiger partial charge in [0.1, 0.15) is 11.5 Å². The quantitative estimate of drug-likeness (QED) is 0.441. The highest BCUT2D eigenvalue weighted by Crippen LogP contribution is 2.29. The van der Waals surface area contributed by atoms with Crippen molar-refractivity contribution in [2.24, 2.45) is 0 Å². The number of aryl methyl sites for hydroxylation is 1. The molecule has 150 valence electrons. The van der Waals surface area contributed by atoms with Crippen molar-refractivity contribution in [3.05, 3.63) is 71.1 Å². The summed E-state index contributed by atoms with van der Waals surface area (Å²) in [5.41, 5.74) is 6.44. The number of nitrogens with zero attached hydrogens (tertiary/aromatic N) is 5. The first-order valence-corrected chi connectivity index (χ1v) is 10.4. The highest BCUT2D eigenvalue weighted by atomic mass is 35.5. The molecule has 8 heteroatoms. The summed E-state index contributed by atoms with van der Waals surface area (Å²) in [6.07, 6.45) is 2.13. The topological polar surface area (TPSA) is 66.8 Å². The number of fused-ring (bicyclic) bond motifs is 3. The molecule has 0 spiro atoms. The van der Waals surface area contributed by atoms with Gasteiger partial charge in [-0.15, -0.1) is 14.9 Å². The molecule has 0 atom stereocenters. The Kier molecular flexibility index (Phi) is 3.94. The zero-order valence-corrected chi connectivity index (χ0v) is 17.3. The third-order valence-electron chi connectivity index (χ3n) is 5.91. The number of pyridine rings is 1. The molecule has 5 aromatic rings.